The second-order valence-corrected chi connectivity index (χ2v) is 8.26. The van der Waals surface area contributed by atoms with Crippen molar-refractivity contribution in [2.24, 2.45) is 0 Å². The van der Waals surface area contributed by atoms with E-state index in [1.807, 2.05) is 29.2 Å². The van der Waals surface area contributed by atoms with Crippen molar-refractivity contribution in [3.63, 3.8) is 0 Å². The molecule has 2 heterocycles. The number of carbonyl (C=O) groups excluding carboxylic acids is 2. The van der Waals surface area contributed by atoms with E-state index in [0.717, 1.165) is 37.7 Å². The van der Waals surface area contributed by atoms with Crippen molar-refractivity contribution in [1.82, 2.24) is 19.8 Å². The van der Waals surface area contributed by atoms with E-state index in [1.165, 1.54) is 12.4 Å². The van der Waals surface area contributed by atoms with Gasteiger partial charge in [0.2, 0.25) is 5.91 Å². The topological polar surface area (TPSA) is 66.4 Å². The number of nitrogens with zero attached hydrogens (tertiary/aromatic N) is 4. The first-order valence-corrected chi connectivity index (χ1v) is 10.6. The van der Waals surface area contributed by atoms with E-state index >= 15 is 0 Å². The number of hydrogen-bond acceptors (Lipinski definition) is 4. The van der Waals surface area contributed by atoms with Gasteiger partial charge in [-0.05, 0) is 30.5 Å². The monoisotopic (exact) mass is 412 g/mol. The van der Waals surface area contributed by atoms with Crippen LogP contribution in [0.1, 0.15) is 48.2 Å². The summed E-state index contributed by atoms with van der Waals surface area (Å²) < 4.78 is 0. The lowest BCUT2D eigenvalue weighted by atomic mass is 9.68. The summed E-state index contributed by atoms with van der Waals surface area (Å²) in [6.45, 7) is 2.08. The number of carbonyl (C=O) groups is 2. The van der Waals surface area contributed by atoms with Gasteiger partial charge in [0.1, 0.15) is 5.69 Å². The van der Waals surface area contributed by atoms with Gasteiger partial charge < -0.3 is 9.80 Å². The Labute approximate surface area is 175 Å². The van der Waals surface area contributed by atoms with Gasteiger partial charge >= 0.3 is 0 Å². The molecular formula is C22H25ClN4O2. The third-order valence-corrected chi connectivity index (χ3v) is 6.37. The van der Waals surface area contributed by atoms with Crippen molar-refractivity contribution in [2.45, 2.75) is 37.5 Å². The summed E-state index contributed by atoms with van der Waals surface area (Å²) in [5.41, 5.74) is 0.864. The van der Waals surface area contributed by atoms with Crippen molar-refractivity contribution >= 4 is 23.4 Å². The highest BCUT2D eigenvalue weighted by Crippen LogP contribution is 2.42. The quantitative estimate of drug-likeness (QED) is 0.775. The maximum Gasteiger partial charge on any atom is 0.274 e. The molecule has 0 unspecified atom stereocenters. The summed E-state index contributed by atoms with van der Waals surface area (Å²) in [6, 6.07) is 7.75. The highest BCUT2D eigenvalue weighted by molar-refractivity contribution is 6.30. The van der Waals surface area contributed by atoms with Crippen molar-refractivity contribution in [3.8, 4) is 0 Å². The molecule has 6 nitrogen and oxygen atoms in total. The third-order valence-electron chi connectivity index (χ3n) is 6.13. The standard InChI is InChI=1S/C22H25ClN4O2/c23-18-6-4-5-17(15-18)22(7-2-1-3-8-22)21(29)27-13-11-26(12-14-27)20(28)19-16-24-9-10-25-19/h4-6,9-10,15-16H,1-3,7-8,11-14H2. The summed E-state index contributed by atoms with van der Waals surface area (Å²) in [4.78, 5) is 38.0. The number of benzene rings is 1. The molecule has 1 aliphatic carbocycles. The molecule has 2 fully saturated rings. The molecule has 0 bridgehead atoms. The zero-order valence-corrected chi connectivity index (χ0v) is 17.1. The lowest BCUT2D eigenvalue weighted by Crippen LogP contribution is -2.56. The maximum atomic E-state index is 13.7. The summed E-state index contributed by atoms with van der Waals surface area (Å²) in [5, 5.41) is 0.666. The van der Waals surface area contributed by atoms with Crippen LogP contribution in [0.3, 0.4) is 0 Å². The summed E-state index contributed by atoms with van der Waals surface area (Å²) >= 11 is 6.25. The highest BCUT2D eigenvalue weighted by atomic mass is 35.5. The Morgan fingerprint density at radius 1 is 0.966 bits per heavy atom. The van der Waals surface area contributed by atoms with Crippen LogP contribution in [0.4, 0.5) is 0 Å². The molecule has 1 aliphatic heterocycles. The van der Waals surface area contributed by atoms with E-state index < -0.39 is 5.41 Å². The highest BCUT2D eigenvalue weighted by Gasteiger charge is 2.44. The summed E-state index contributed by atoms with van der Waals surface area (Å²) in [5.74, 6) is 0.0403. The van der Waals surface area contributed by atoms with Gasteiger partial charge in [-0.1, -0.05) is 43.0 Å². The lowest BCUT2D eigenvalue weighted by Gasteiger charge is -2.43. The van der Waals surface area contributed by atoms with Crippen LogP contribution < -0.4 is 0 Å². The first kappa shape index (κ1) is 19.8. The van der Waals surface area contributed by atoms with E-state index in [0.29, 0.717) is 36.9 Å². The van der Waals surface area contributed by atoms with Crippen LogP contribution in [-0.4, -0.2) is 57.8 Å². The van der Waals surface area contributed by atoms with Gasteiger partial charge in [-0.25, -0.2) is 4.98 Å². The fraction of sp³-hybridized carbons (Fsp3) is 0.455. The van der Waals surface area contributed by atoms with Gasteiger partial charge in [0.05, 0.1) is 11.6 Å². The Balaban J connectivity index is 1.49. The molecule has 1 saturated heterocycles. The molecule has 0 N–H and O–H groups in total. The fourth-order valence-electron chi connectivity index (χ4n) is 4.55. The SMILES string of the molecule is O=C(c1cnccn1)N1CCN(C(=O)C2(c3cccc(Cl)c3)CCCCC2)CC1. The molecule has 2 amide bonds. The van der Waals surface area contributed by atoms with Crippen LogP contribution >= 0.6 is 11.6 Å². The number of piperazine rings is 1. The molecule has 29 heavy (non-hydrogen) atoms. The Kier molecular flexibility index (Phi) is 5.81. The molecule has 152 valence electrons. The number of halogens is 1. The molecule has 0 radical (unpaired) electrons. The minimum absolute atomic E-state index is 0.132. The maximum absolute atomic E-state index is 13.7. The second kappa shape index (κ2) is 8.49. The molecule has 0 atom stereocenters. The van der Waals surface area contributed by atoms with E-state index in [9.17, 15) is 9.59 Å². The number of amides is 2. The van der Waals surface area contributed by atoms with Gasteiger partial charge in [0.25, 0.3) is 5.91 Å². The minimum Gasteiger partial charge on any atom is -0.338 e. The molecule has 2 aromatic rings. The first-order valence-electron chi connectivity index (χ1n) is 10.2. The molecule has 1 aromatic carbocycles. The normalized spacial score (nSPS) is 19.1. The summed E-state index contributed by atoms with van der Waals surface area (Å²) in [7, 11) is 0. The second-order valence-electron chi connectivity index (χ2n) is 7.83. The third kappa shape index (κ3) is 3.99. The molecule has 4 rings (SSSR count). The number of rotatable bonds is 3. The minimum atomic E-state index is -0.500. The van der Waals surface area contributed by atoms with Crippen LogP contribution in [0.2, 0.25) is 5.02 Å². The Hall–Kier alpha value is -2.47. The number of hydrogen-bond donors (Lipinski definition) is 0. The van der Waals surface area contributed by atoms with Crippen LogP contribution in [0.15, 0.2) is 42.9 Å². The average Bonchev–Trinajstić information content (AvgIpc) is 2.79. The van der Waals surface area contributed by atoms with Crippen LogP contribution in [0, 0.1) is 0 Å². The predicted octanol–water partition coefficient (Wildman–Crippen LogP) is 3.32. The van der Waals surface area contributed by atoms with Crippen molar-refractivity contribution in [1.29, 1.82) is 0 Å². The van der Waals surface area contributed by atoms with Gasteiger partial charge in [-0.3, -0.25) is 14.6 Å². The van der Waals surface area contributed by atoms with Gasteiger partial charge in [-0.2, -0.15) is 0 Å². The lowest BCUT2D eigenvalue weighted by molar-refractivity contribution is -0.140. The van der Waals surface area contributed by atoms with Crippen molar-refractivity contribution in [2.75, 3.05) is 26.2 Å². The molecule has 1 aromatic heterocycles. The van der Waals surface area contributed by atoms with Crippen LogP contribution in [0.5, 0.6) is 0 Å². The van der Waals surface area contributed by atoms with Crippen LogP contribution in [0.25, 0.3) is 0 Å². The largest absolute Gasteiger partial charge is 0.338 e. The first-order chi connectivity index (χ1) is 14.1. The Bertz CT molecular complexity index is 875. The number of aromatic nitrogens is 2. The zero-order valence-electron chi connectivity index (χ0n) is 16.4. The van der Waals surface area contributed by atoms with Gasteiger partial charge in [0.15, 0.2) is 0 Å². The molecular weight excluding hydrogens is 388 g/mol. The zero-order chi connectivity index (χ0) is 20.3. The van der Waals surface area contributed by atoms with Gasteiger partial charge in [-0.15, -0.1) is 0 Å². The van der Waals surface area contributed by atoms with Gasteiger partial charge in [0, 0.05) is 43.6 Å². The van der Waals surface area contributed by atoms with Crippen LogP contribution in [-0.2, 0) is 10.2 Å². The fourth-order valence-corrected chi connectivity index (χ4v) is 4.74. The molecule has 1 saturated carbocycles. The smallest absolute Gasteiger partial charge is 0.274 e. The molecule has 0 spiro atoms. The van der Waals surface area contributed by atoms with Crippen molar-refractivity contribution in [3.05, 3.63) is 59.1 Å². The van der Waals surface area contributed by atoms with E-state index in [2.05, 4.69) is 9.97 Å². The van der Waals surface area contributed by atoms with E-state index in [4.69, 9.17) is 11.6 Å². The van der Waals surface area contributed by atoms with E-state index in [1.54, 1.807) is 11.1 Å². The summed E-state index contributed by atoms with van der Waals surface area (Å²) in [6.07, 6.45) is 9.51. The Morgan fingerprint density at radius 2 is 1.69 bits per heavy atom. The van der Waals surface area contributed by atoms with Crippen molar-refractivity contribution < 1.29 is 9.59 Å². The molecule has 2 aliphatic rings. The van der Waals surface area contributed by atoms with E-state index in [-0.39, 0.29) is 11.8 Å². The average molecular weight is 413 g/mol. The molecule has 7 heteroatoms. The Morgan fingerprint density at radius 3 is 2.34 bits per heavy atom. The predicted molar refractivity (Wildman–Crippen MR) is 111 cm³/mol.